The predicted molar refractivity (Wildman–Crippen MR) is 78.3 cm³/mol. The summed E-state index contributed by atoms with van der Waals surface area (Å²) in [6, 6.07) is 7.91. The van der Waals surface area contributed by atoms with Crippen LogP contribution in [0.2, 0.25) is 0 Å². The molecule has 0 radical (unpaired) electrons. The molecule has 1 aliphatic heterocycles. The first-order valence-corrected chi connectivity index (χ1v) is 7.32. The Hall–Kier alpha value is -1.07. The molecule has 1 fully saturated rings. The van der Waals surface area contributed by atoms with E-state index in [4.69, 9.17) is 4.74 Å². The molecule has 1 N–H and O–H groups in total. The van der Waals surface area contributed by atoms with E-state index in [1.54, 1.807) is 7.05 Å². The average molecular weight is 327 g/mol. The molecular weight excluding hydrogens is 308 g/mol. The van der Waals surface area contributed by atoms with Crippen LogP contribution < -0.4 is 10.1 Å². The van der Waals surface area contributed by atoms with E-state index in [-0.39, 0.29) is 12.0 Å². The van der Waals surface area contributed by atoms with Gasteiger partial charge in [0.25, 0.3) is 0 Å². The SMILES string of the molecule is CNC(=O)CN1CCC(Oc2cccc(Br)c2)CC1. The second kappa shape index (κ2) is 6.91. The fourth-order valence-electron chi connectivity index (χ4n) is 2.20. The number of hydrogen-bond donors (Lipinski definition) is 1. The minimum Gasteiger partial charge on any atom is -0.490 e. The Morgan fingerprint density at radius 3 is 2.84 bits per heavy atom. The van der Waals surface area contributed by atoms with Gasteiger partial charge in [-0.2, -0.15) is 0 Å². The van der Waals surface area contributed by atoms with Crippen LogP contribution in [0.1, 0.15) is 12.8 Å². The van der Waals surface area contributed by atoms with Crippen molar-refractivity contribution < 1.29 is 9.53 Å². The van der Waals surface area contributed by atoms with E-state index in [1.165, 1.54) is 0 Å². The summed E-state index contributed by atoms with van der Waals surface area (Å²) in [7, 11) is 1.67. The summed E-state index contributed by atoms with van der Waals surface area (Å²) in [6.45, 7) is 2.30. The van der Waals surface area contributed by atoms with Gasteiger partial charge < -0.3 is 10.1 Å². The van der Waals surface area contributed by atoms with Crippen molar-refractivity contribution in [1.29, 1.82) is 0 Å². The van der Waals surface area contributed by atoms with Crippen LogP contribution in [0.25, 0.3) is 0 Å². The van der Waals surface area contributed by atoms with E-state index in [1.807, 2.05) is 24.3 Å². The van der Waals surface area contributed by atoms with Crippen molar-refractivity contribution in [3.8, 4) is 5.75 Å². The third-order valence-electron chi connectivity index (χ3n) is 3.28. The predicted octanol–water partition coefficient (Wildman–Crippen LogP) is 2.04. The maximum atomic E-state index is 11.3. The number of hydrogen-bond acceptors (Lipinski definition) is 3. The molecule has 0 aromatic heterocycles. The van der Waals surface area contributed by atoms with Gasteiger partial charge in [0.15, 0.2) is 0 Å². The van der Waals surface area contributed by atoms with Gasteiger partial charge in [0.1, 0.15) is 11.9 Å². The van der Waals surface area contributed by atoms with Crippen molar-refractivity contribution in [3.63, 3.8) is 0 Å². The van der Waals surface area contributed by atoms with Crippen LogP contribution in [-0.4, -0.2) is 43.6 Å². The highest BCUT2D eigenvalue weighted by Gasteiger charge is 2.21. The second-order valence-corrected chi connectivity index (χ2v) is 5.64. The molecule has 1 amide bonds. The molecule has 0 unspecified atom stereocenters. The Bertz CT molecular complexity index is 431. The van der Waals surface area contributed by atoms with Crippen molar-refractivity contribution in [2.24, 2.45) is 0 Å². The molecule has 4 nitrogen and oxygen atoms in total. The molecule has 0 bridgehead atoms. The number of nitrogens with one attached hydrogen (secondary N) is 1. The van der Waals surface area contributed by atoms with E-state index in [9.17, 15) is 4.79 Å². The standard InChI is InChI=1S/C14H19BrN2O2/c1-16-14(18)10-17-7-5-12(6-8-17)19-13-4-2-3-11(15)9-13/h2-4,9,12H,5-8,10H2,1H3,(H,16,18). The van der Waals surface area contributed by atoms with Crippen LogP contribution in [0.3, 0.4) is 0 Å². The first-order valence-electron chi connectivity index (χ1n) is 6.52. The van der Waals surface area contributed by atoms with E-state index >= 15 is 0 Å². The normalized spacial score (nSPS) is 17.2. The zero-order valence-corrected chi connectivity index (χ0v) is 12.6. The number of likely N-dealkylation sites (N-methyl/N-ethyl adjacent to an activating group) is 1. The number of ether oxygens (including phenoxy) is 1. The summed E-state index contributed by atoms with van der Waals surface area (Å²) in [6.07, 6.45) is 2.17. The molecule has 1 aromatic rings. The number of likely N-dealkylation sites (tertiary alicyclic amines) is 1. The molecule has 104 valence electrons. The zero-order chi connectivity index (χ0) is 13.7. The van der Waals surface area contributed by atoms with Gasteiger partial charge in [-0.05, 0) is 31.0 Å². The van der Waals surface area contributed by atoms with Gasteiger partial charge >= 0.3 is 0 Å². The van der Waals surface area contributed by atoms with Gasteiger partial charge in [0, 0.05) is 24.6 Å². The molecule has 0 atom stereocenters. The van der Waals surface area contributed by atoms with E-state index in [2.05, 4.69) is 26.1 Å². The van der Waals surface area contributed by atoms with Crippen LogP contribution in [0, 0.1) is 0 Å². The van der Waals surface area contributed by atoms with Gasteiger partial charge in [0.2, 0.25) is 5.91 Å². The maximum absolute atomic E-state index is 11.3. The number of benzene rings is 1. The molecule has 5 heteroatoms. The number of halogens is 1. The lowest BCUT2D eigenvalue weighted by atomic mass is 10.1. The highest BCUT2D eigenvalue weighted by atomic mass is 79.9. The molecule has 2 rings (SSSR count). The molecule has 1 saturated heterocycles. The molecule has 19 heavy (non-hydrogen) atoms. The highest BCUT2D eigenvalue weighted by Crippen LogP contribution is 2.22. The van der Waals surface area contributed by atoms with E-state index in [0.717, 1.165) is 36.2 Å². The molecule has 1 aromatic carbocycles. The number of carbonyl (C=O) groups excluding carboxylic acids is 1. The molecule has 1 aliphatic rings. The maximum Gasteiger partial charge on any atom is 0.233 e. The fourth-order valence-corrected chi connectivity index (χ4v) is 2.58. The van der Waals surface area contributed by atoms with Gasteiger partial charge in [-0.25, -0.2) is 0 Å². The molecule has 0 aliphatic carbocycles. The molecule has 0 saturated carbocycles. The Morgan fingerprint density at radius 1 is 1.47 bits per heavy atom. The van der Waals surface area contributed by atoms with Crippen molar-refractivity contribution >= 4 is 21.8 Å². The molecule has 0 spiro atoms. The average Bonchev–Trinajstić information content (AvgIpc) is 2.41. The lowest BCUT2D eigenvalue weighted by Crippen LogP contribution is -2.43. The van der Waals surface area contributed by atoms with Crippen molar-refractivity contribution in [3.05, 3.63) is 28.7 Å². The summed E-state index contributed by atoms with van der Waals surface area (Å²) < 4.78 is 6.99. The number of amides is 1. The van der Waals surface area contributed by atoms with Crippen LogP contribution in [0.4, 0.5) is 0 Å². The van der Waals surface area contributed by atoms with Gasteiger partial charge in [-0.3, -0.25) is 9.69 Å². The van der Waals surface area contributed by atoms with E-state index in [0.29, 0.717) is 6.54 Å². The monoisotopic (exact) mass is 326 g/mol. The van der Waals surface area contributed by atoms with Crippen LogP contribution in [0.5, 0.6) is 5.75 Å². The van der Waals surface area contributed by atoms with Gasteiger partial charge in [-0.15, -0.1) is 0 Å². The first-order chi connectivity index (χ1) is 9.17. The fraction of sp³-hybridized carbons (Fsp3) is 0.500. The number of rotatable bonds is 4. The van der Waals surface area contributed by atoms with Gasteiger partial charge in [-0.1, -0.05) is 22.0 Å². The third kappa shape index (κ3) is 4.51. The van der Waals surface area contributed by atoms with Crippen molar-refractivity contribution in [1.82, 2.24) is 10.2 Å². The van der Waals surface area contributed by atoms with Crippen LogP contribution >= 0.6 is 15.9 Å². The number of carbonyl (C=O) groups is 1. The molecular formula is C14H19BrN2O2. The topological polar surface area (TPSA) is 41.6 Å². The smallest absolute Gasteiger partial charge is 0.233 e. The Balaban J connectivity index is 1.79. The Morgan fingerprint density at radius 2 is 2.21 bits per heavy atom. The zero-order valence-electron chi connectivity index (χ0n) is 11.1. The van der Waals surface area contributed by atoms with E-state index < -0.39 is 0 Å². The Labute approximate surface area is 122 Å². The minimum atomic E-state index is 0.0753. The number of piperidine rings is 1. The highest BCUT2D eigenvalue weighted by molar-refractivity contribution is 9.10. The Kier molecular flexibility index (Phi) is 5.22. The quantitative estimate of drug-likeness (QED) is 0.920. The van der Waals surface area contributed by atoms with Crippen molar-refractivity contribution in [2.45, 2.75) is 18.9 Å². The van der Waals surface area contributed by atoms with Gasteiger partial charge in [0.05, 0.1) is 6.54 Å². The summed E-state index contributed by atoms with van der Waals surface area (Å²) in [5.74, 6) is 0.977. The molecule has 1 heterocycles. The van der Waals surface area contributed by atoms with Crippen LogP contribution in [-0.2, 0) is 4.79 Å². The van der Waals surface area contributed by atoms with Crippen LogP contribution in [0.15, 0.2) is 28.7 Å². The summed E-state index contributed by atoms with van der Waals surface area (Å²) in [5.41, 5.74) is 0. The summed E-state index contributed by atoms with van der Waals surface area (Å²) >= 11 is 3.44. The second-order valence-electron chi connectivity index (χ2n) is 4.72. The van der Waals surface area contributed by atoms with Crippen molar-refractivity contribution in [2.75, 3.05) is 26.7 Å². The lowest BCUT2D eigenvalue weighted by molar-refractivity contribution is -0.122. The lowest BCUT2D eigenvalue weighted by Gasteiger charge is -2.31. The number of nitrogens with zero attached hydrogens (tertiary/aromatic N) is 1. The minimum absolute atomic E-state index is 0.0753. The summed E-state index contributed by atoms with van der Waals surface area (Å²) in [5, 5.41) is 2.65. The third-order valence-corrected chi connectivity index (χ3v) is 3.77. The first kappa shape index (κ1) is 14.3. The largest absolute Gasteiger partial charge is 0.490 e. The summed E-state index contributed by atoms with van der Waals surface area (Å²) in [4.78, 5) is 13.5.